The van der Waals surface area contributed by atoms with E-state index < -0.39 is 5.41 Å². The Bertz CT molecular complexity index is 533. The van der Waals surface area contributed by atoms with Crippen molar-refractivity contribution in [3.63, 3.8) is 0 Å². The number of hydrogen-bond donors (Lipinski definition) is 3. The fourth-order valence-corrected chi connectivity index (χ4v) is 1.56. The summed E-state index contributed by atoms with van der Waals surface area (Å²) in [5.74, 6) is -0.185. The van der Waals surface area contributed by atoms with Crippen LogP contribution in [0.25, 0.3) is 0 Å². The average molecular weight is 307 g/mol. The third kappa shape index (κ3) is 5.91. The van der Waals surface area contributed by atoms with Crippen LogP contribution in [-0.4, -0.2) is 16.9 Å². The molecule has 2 amide bonds. The molecule has 1 aromatic rings. The molecular formula is C15H21N3O2S. The van der Waals surface area contributed by atoms with E-state index in [0.29, 0.717) is 12.1 Å². The molecule has 0 saturated heterocycles. The summed E-state index contributed by atoms with van der Waals surface area (Å²) in [6.07, 6.45) is 0.375. The third-order valence-corrected chi connectivity index (χ3v) is 2.86. The molecule has 0 aliphatic heterocycles. The van der Waals surface area contributed by atoms with Gasteiger partial charge in [-0.25, -0.2) is 0 Å². The Morgan fingerprint density at radius 2 is 1.52 bits per heavy atom. The minimum Gasteiger partial charge on any atom is -0.332 e. The van der Waals surface area contributed by atoms with Crippen LogP contribution in [0.4, 0.5) is 11.4 Å². The molecule has 0 atom stereocenters. The highest BCUT2D eigenvalue weighted by Gasteiger charge is 2.20. The molecule has 5 nitrogen and oxygen atoms in total. The molecule has 6 heteroatoms. The molecule has 0 fully saturated rings. The number of rotatable bonds is 3. The number of amides is 2. The summed E-state index contributed by atoms with van der Waals surface area (Å²) < 4.78 is 0. The van der Waals surface area contributed by atoms with E-state index in [2.05, 4.69) is 16.0 Å². The molecule has 1 rings (SSSR count). The lowest BCUT2D eigenvalue weighted by Crippen LogP contribution is -2.33. The lowest BCUT2D eigenvalue weighted by atomic mass is 9.95. The number of benzene rings is 1. The number of carbonyl (C=O) groups is 2. The lowest BCUT2D eigenvalue weighted by Gasteiger charge is -2.17. The van der Waals surface area contributed by atoms with Gasteiger partial charge in [0.05, 0.1) is 0 Å². The first-order chi connectivity index (χ1) is 9.72. The molecule has 0 aliphatic rings. The van der Waals surface area contributed by atoms with Gasteiger partial charge < -0.3 is 16.0 Å². The van der Waals surface area contributed by atoms with Crippen LogP contribution in [0.2, 0.25) is 0 Å². The number of thiocarbonyl (C=S) groups is 1. The number of nitrogens with one attached hydrogen (secondary N) is 3. The molecular weight excluding hydrogens is 286 g/mol. The van der Waals surface area contributed by atoms with Crippen molar-refractivity contribution in [2.75, 3.05) is 10.6 Å². The summed E-state index contributed by atoms with van der Waals surface area (Å²) >= 11 is 5.02. The fourth-order valence-electron chi connectivity index (χ4n) is 1.33. The predicted octanol–water partition coefficient (Wildman–Crippen LogP) is 2.89. The van der Waals surface area contributed by atoms with Crippen molar-refractivity contribution in [2.24, 2.45) is 5.41 Å². The third-order valence-electron chi connectivity index (χ3n) is 2.66. The Kier molecular flexibility index (Phi) is 5.84. The first kappa shape index (κ1) is 17.1. The van der Waals surface area contributed by atoms with Gasteiger partial charge in [0.2, 0.25) is 11.8 Å². The Morgan fingerprint density at radius 1 is 1.05 bits per heavy atom. The SMILES string of the molecule is CCC(=O)NC(=S)Nc1ccc(NC(=O)C(C)(C)C)cc1. The van der Waals surface area contributed by atoms with Gasteiger partial charge >= 0.3 is 0 Å². The van der Waals surface area contributed by atoms with Crippen LogP contribution in [0.5, 0.6) is 0 Å². The van der Waals surface area contributed by atoms with Gasteiger partial charge in [-0.2, -0.15) is 0 Å². The maximum Gasteiger partial charge on any atom is 0.229 e. The quantitative estimate of drug-likeness (QED) is 0.751. The van der Waals surface area contributed by atoms with E-state index in [9.17, 15) is 9.59 Å². The first-order valence-electron chi connectivity index (χ1n) is 6.74. The van der Waals surface area contributed by atoms with E-state index in [4.69, 9.17) is 12.2 Å². The summed E-state index contributed by atoms with van der Waals surface area (Å²) in [6, 6.07) is 7.11. The molecule has 0 aromatic heterocycles. The van der Waals surface area contributed by atoms with Crippen molar-refractivity contribution in [2.45, 2.75) is 34.1 Å². The highest BCUT2D eigenvalue weighted by molar-refractivity contribution is 7.80. The van der Waals surface area contributed by atoms with Crippen LogP contribution in [0.3, 0.4) is 0 Å². The summed E-state index contributed by atoms with van der Waals surface area (Å²) in [5.41, 5.74) is 1.01. The number of carbonyl (C=O) groups excluding carboxylic acids is 2. The molecule has 21 heavy (non-hydrogen) atoms. The van der Waals surface area contributed by atoms with Gasteiger partial charge in [-0.1, -0.05) is 27.7 Å². The molecule has 0 radical (unpaired) electrons. The Hall–Kier alpha value is -1.95. The van der Waals surface area contributed by atoms with Crippen LogP contribution in [0.1, 0.15) is 34.1 Å². The van der Waals surface area contributed by atoms with Crippen molar-refractivity contribution >= 4 is 40.5 Å². The molecule has 114 valence electrons. The zero-order chi connectivity index (χ0) is 16.0. The van der Waals surface area contributed by atoms with Crippen molar-refractivity contribution in [1.29, 1.82) is 0 Å². The second-order valence-electron chi connectivity index (χ2n) is 5.64. The topological polar surface area (TPSA) is 70.2 Å². The van der Waals surface area contributed by atoms with E-state index in [1.807, 2.05) is 20.8 Å². The van der Waals surface area contributed by atoms with Crippen molar-refractivity contribution in [1.82, 2.24) is 5.32 Å². The molecule has 0 aliphatic carbocycles. The maximum atomic E-state index is 11.9. The van der Waals surface area contributed by atoms with Crippen molar-refractivity contribution in [3.05, 3.63) is 24.3 Å². The van der Waals surface area contributed by atoms with Gasteiger partial charge in [0.1, 0.15) is 0 Å². The van der Waals surface area contributed by atoms with Crippen LogP contribution in [0.15, 0.2) is 24.3 Å². The summed E-state index contributed by atoms with van der Waals surface area (Å²) in [6.45, 7) is 7.32. The van der Waals surface area contributed by atoms with Gasteiger partial charge in [-0.05, 0) is 36.5 Å². The molecule has 0 heterocycles. The minimum absolute atomic E-state index is 0.0473. The highest BCUT2D eigenvalue weighted by atomic mass is 32.1. The second-order valence-corrected chi connectivity index (χ2v) is 6.05. The molecule has 0 bridgehead atoms. The number of anilines is 2. The van der Waals surface area contributed by atoms with Gasteiger partial charge in [0.15, 0.2) is 5.11 Å². The number of hydrogen-bond acceptors (Lipinski definition) is 3. The standard InChI is InChI=1S/C15H21N3O2S/c1-5-12(19)18-14(21)17-11-8-6-10(7-9-11)16-13(20)15(2,3)4/h6-9H,5H2,1-4H3,(H,16,20)(H2,17,18,19,21). The van der Waals surface area contributed by atoms with Gasteiger partial charge in [0, 0.05) is 23.2 Å². The lowest BCUT2D eigenvalue weighted by molar-refractivity contribution is -0.123. The molecule has 3 N–H and O–H groups in total. The minimum atomic E-state index is -0.442. The Balaban J connectivity index is 2.60. The predicted molar refractivity (Wildman–Crippen MR) is 89.2 cm³/mol. The summed E-state index contributed by atoms with van der Waals surface area (Å²) in [4.78, 5) is 23.1. The van der Waals surface area contributed by atoms with E-state index in [0.717, 1.165) is 5.69 Å². The second kappa shape index (κ2) is 7.17. The van der Waals surface area contributed by atoms with Crippen molar-refractivity contribution in [3.8, 4) is 0 Å². The zero-order valence-electron chi connectivity index (χ0n) is 12.7. The van der Waals surface area contributed by atoms with Crippen LogP contribution < -0.4 is 16.0 Å². The monoisotopic (exact) mass is 307 g/mol. The van der Waals surface area contributed by atoms with Gasteiger partial charge in [-0.15, -0.1) is 0 Å². The Morgan fingerprint density at radius 3 is 1.95 bits per heavy atom. The zero-order valence-corrected chi connectivity index (χ0v) is 13.6. The van der Waals surface area contributed by atoms with Gasteiger partial charge in [0.25, 0.3) is 0 Å². The molecule has 1 aromatic carbocycles. The molecule has 0 saturated carbocycles. The van der Waals surface area contributed by atoms with Crippen LogP contribution >= 0.6 is 12.2 Å². The Labute approximate surface area is 130 Å². The molecule has 0 unspecified atom stereocenters. The summed E-state index contributed by atoms with van der Waals surface area (Å²) in [7, 11) is 0. The highest BCUT2D eigenvalue weighted by Crippen LogP contribution is 2.19. The largest absolute Gasteiger partial charge is 0.332 e. The van der Waals surface area contributed by atoms with Crippen LogP contribution in [0, 0.1) is 5.41 Å². The normalized spacial score (nSPS) is 10.7. The average Bonchev–Trinajstić information content (AvgIpc) is 2.39. The fraction of sp³-hybridized carbons (Fsp3) is 0.400. The molecule has 0 spiro atoms. The summed E-state index contributed by atoms with van der Waals surface area (Å²) in [5, 5.41) is 8.55. The van der Waals surface area contributed by atoms with E-state index in [-0.39, 0.29) is 16.9 Å². The van der Waals surface area contributed by atoms with Crippen molar-refractivity contribution < 1.29 is 9.59 Å². The van der Waals surface area contributed by atoms with E-state index >= 15 is 0 Å². The maximum absolute atomic E-state index is 11.9. The van der Waals surface area contributed by atoms with Gasteiger partial charge in [-0.3, -0.25) is 9.59 Å². The van der Waals surface area contributed by atoms with Crippen LogP contribution in [-0.2, 0) is 9.59 Å². The smallest absolute Gasteiger partial charge is 0.229 e. The van der Waals surface area contributed by atoms with E-state index in [1.54, 1.807) is 31.2 Å². The first-order valence-corrected chi connectivity index (χ1v) is 7.15. The van der Waals surface area contributed by atoms with E-state index in [1.165, 1.54) is 0 Å².